The first-order chi connectivity index (χ1) is 14.4. The maximum Gasteiger partial charge on any atom is 0.230 e. The third-order valence-corrected chi connectivity index (χ3v) is 5.49. The Bertz CT molecular complexity index is 1030. The van der Waals surface area contributed by atoms with E-state index in [2.05, 4.69) is 15.4 Å². The van der Waals surface area contributed by atoms with E-state index in [1.165, 1.54) is 11.8 Å². The lowest BCUT2D eigenvalue weighted by Crippen LogP contribution is -2.32. The SMILES string of the molecule is COc1ccc(-c2cnn3c(SCC(=O)NCCN(C)C)cc(C)nc23)cc1OC. The monoisotopic (exact) mass is 429 g/mol. The van der Waals surface area contributed by atoms with Crippen molar-refractivity contribution in [1.82, 2.24) is 24.8 Å². The lowest BCUT2D eigenvalue weighted by atomic mass is 10.1. The first-order valence-corrected chi connectivity index (χ1v) is 10.5. The van der Waals surface area contributed by atoms with E-state index in [0.29, 0.717) is 23.8 Å². The van der Waals surface area contributed by atoms with Gasteiger partial charge in [-0.05, 0) is 44.8 Å². The predicted octanol–water partition coefficient (Wildman–Crippen LogP) is 2.49. The molecular weight excluding hydrogens is 402 g/mol. The Morgan fingerprint density at radius 1 is 1.20 bits per heavy atom. The van der Waals surface area contributed by atoms with Gasteiger partial charge in [0.2, 0.25) is 5.91 Å². The molecule has 0 saturated heterocycles. The number of ether oxygens (including phenoxy) is 2. The molecule has 3 aromatic rings. The summed E-state index contributed by atoms with van der Waals surface area (Å²) in [5, 5.41) is 8.32. The molecule has 3 rings (SSSR count). The summed E-state index contributed by atoms with van der Waals surface area (Å²) in [4.78, 5) is 18.9. The fraction of sp³-hybridized carbons (Fsp3) is 0.381. The van der Waals surface area contributed by atoms with Gasteiger partial charge in [-0.1, -0.05) is 17.8 Å². The molecule has 1 amide bonds. The molecule has 0 saturated carbocycles. The average molecular weight is 430 g/mol. The highest BCUT2D eigenvalue weighted by Crippen LogP contribution is 2.34. The number of methoxy groups -OCH3 is 2. The summed E-state index contributed by atoms with van der Waals surface area (Å²) in [7, 11) is 7.17. The second-order valence-corrected chi connectivity index (χ2v) is 8.04. The van der Waals surface area contributed by atoms with Gasteiger partial charge in [0.15, 0.2) is 17.1 Å². The number of nitrogens with zero attached hydrogens (tertiary/aromatic N) is 4. The van der Waals surface area contributed by atoms with E-state index in [0.717, 1.165) is 34.0 Å². The number of carbonyl (C=O) groups excluding carboxylic acids is 1. The van der Waals surface area contributed by atoms with Crippen LogP contribution < -0.4 is 14.8 Å². The Hall–Kier alpha value is -2.78. The first-order valence-electron chi connectivity index (χ1n) is 9.55. The van der Waals surface area contributed by atoms with Gasteiger partial charge < -0.3 is 19.7 Å². The van der Waals surface area contributed by atoms with Gasteiger partial charge in [-0.25, -0.2) is 9.50 Å². The van der Waals surface area contributed by atoms with Gasteiger partial charge in [-0.15, -0.1) is 0 Å². The number of aromatic nitrogens is 3. The van der Waals surface area contributed by atoms with Gasteiger partial charge in [-0.3, -0.25) is 4.79 Å². The summed E-state index contributed by atoms with van der Waals surface area (Å²) in [5.41, 5.74) is 3.41. The lowest BCUT2D eigenvalue weighted by Gasteiger charge is -2.11. The molecule has 0 bridgehead atoms. The minimum atomic E-state index is -0.00302. The number of fused-ring (bicyclic) bond motifs is 1. The number of rotatable bonds is 9. The van der Waals surface area contributed by atoms with E-state index in [1.807, 2.05) is 50.2 Å². The van der Waals surface area contributed by atoms with E-state index < -0.39 is 0 Å². The molecule has 160 valence electrons. The summed E-state index contributed by atoms with van der Waals surface area (Å²) in [5.74, 6) is 1.62. The van der Waals surface area contributed by atoms with Crippen molar-refractivity contribution in [3.8, 4) is 22.6 Å². The maximum absolute atomic E-state index is 12.2. The number of likely N-dealkylation sites (N-methyl/N-ethyl adjacent to an activating group) is 1. The standard InChI is InChI=1S/C21H27N5O3S/c1-14-10-20(30-13-19(27)22-8-9-25(2)3)26-21(24-14)16(12-23-26)15-6-7-17(28-4)18(11-15)29-5/h6-7,10-12H,8-9,13H2,1-5H3,(H,22,27). The van der Waals surface area contributed by atoms with E-state index in [4.69, 9.17) is 9.47 Å². The van der Waals surface area contributed by atoms with Crippen LogP contribution in [0.4, 0.5) is 0 Å². The third kappa shape index (κ3) is 5.03. The molecule has 0 atom stereocenters. The molecule has 2 heterocycles. The number of carbonyl (C=O) groups is 1. The van der Waals surface area contributed by atoms with Crippen LogP contribution in [0.5, 0.6) is 11.5 Å². The van der Waals surface area contributed by atoms with Crippen molar-refractivity contribution in [2.75, 3.05) is 47.2 Å². The van der Waals surface area contributed by atoms with Crippen molar-refractivity contribution >= 4 is 23.3 Å². The number of hydrogen-bond donors (Lipinski definition) is 1. The van der Waals surface area contributed by atoms with Crippen LogP contribution in [0.3, 0.4) is 0 Å². The molecule has 1 N–H and O–H groups in total. The van der Waals surface area contributed by atoms with Crippen molar-refractivity contribution in [3.63, 3.8) is 0 Å². The third-order valence-electron chi connectivity index (χ3n) is 4.49. The Kier molecular flexibility index (Phi) is 7.17. The summed E-state index contributed by atoms with van der Waals surface area (Å²) >= 11 is 1.44. The summed E-state index contributed by atoms with van der Waals surface area (Å²) in [6, 6.07) is 7.66. The quantitative estimate of drug-likeness (QED) is 0.413. The lowest BCUT2D eigenvalue weighted by molar-refractivity contribution is -0.118. The molecule has 0 radical (unpaired) electrons. The van der Waals surface area contributed by atoms with E-state index in [1.54, 1.807) is 24.9 Å². The van der Waals surface area contributed by atoms with Crippen LogP contribution in [0.25, 0.3) is 16.8 Å². The number of benzene rings is 1. The van der Waals surface area contributed by atoms with E-state index in [9.17, 15) is 4.79 Å². The molecule has 9 heteroatoms. The highest BCUT2D eigenvalue weighted by molar-refractivity contribution is 7.99. The molecule has 2 aromatic heterocycles. The van der Waals surface area contributed by atoms with Gasteiger partial charge in [-0.2, -0.15) is 5.10 Å². The van der Waals surface area contributed by atoms with Gasteiger partial charge in [0, 0.05) is 24.3 Å². The van der Waals surface area contributed by atoms with Gasteiger partial charge in [0.05, 0.1) is 26.2 Å². The Labute approximate surface area is 180 Å². The second kappa shape index (κ2) is 9.82. The van der Waals surface area contributed by atoms with Crippen molar-refractivity contribution in [2.24, 2.45) is 0 Å². The zero-order valence-electron chi connectivity index (χ0n) is 17.9. The summed E-state index contributed by atoms with van der Waals surface area (Å²) < 4.78 is 12.5. The molecule has 8 nitrogen and oxygen atoms in total. The molecule has 1 aromatic carbocycles. The van der Waals surface area contributed by atoms with Crippen LogP contribution in [0, 0.1) is 6.92 Å². The summed E-state index contributed by atoms with van der Waals surface area (Å²) in [6.45, 7) is 3.37. The van der Waals surface area contributed by atoms with Crippen molar-refractivity contribution in [1.29, 1.82) is 0 Å². The van der Waals surface area contributed by atoms with Crippen molar-refractivity contribution in [3.05, 3.63) is 36.2 Å². The van der Waals surface area contributed by atoms with Gasteiger partial charge in [0.25, 0.3) is 0 Å². The molecule has 30 heavy (non-hydrogen) atoms. The molecule has 0 unspecified atom stereocenters. The van der Waals surface area contributed by atoms with Crippen LogP contribution in [-0.4, -0.2) is 72.6 Å². The zero-order valence-corrected chi connectivity index (χ0v) is 18.7. The molecule has 0 aliphatic carbocycles. The number of thioether (sulfide) groups is 1. The highest BCUT2D eigenvalue weighted by atomic mass is 32.2. The number of amides is 1. The Balaban J connectivity index is 1.84. The van der Waals surface area contributed by atoms with Crippen LogP contribution in [0.2, 0.25) is 0 Å². The Morgan fingerprint density at radius 2 is 1.97 bits per heavy atom. The maximum atomic E-state index is 12.2. The van der Waals surface area contributed by atoms with Crippen LogP contribution in [0.15, 0.2) is 35.5 Å². The van der Waals surface area contributed by atoms with Crippen LogP contribution >= 0.6 is 11.8 Å². The van der Waals surface area contributed by atoms with Crippen molar-refractivity contribution in [2.45, 2.75) is 11.9 Å². The zero-order chi connectivity index (χ0) is 21.7. The minimum absolute atomic E-state index is 0.00302. The fourth-order valence-electron chi connectivity index (χ4n) is 2.97. The minimum Gasteiger partial charge on any atom is -0.493 e. The average Bonchev–Trinajstić information content (AvgIpc) is 3.14. The normalized spacial score (nSPS) is 11.1. The molecule has 0 aliphatic rings. The van der Waals surface area contributed by atoms with Crippen molar-refractivity contribution < 1.29 is 14.3 Å². The molecule has 0 spiro atoms. The van der Waals surface area contributed by atoms with E-state index in [-0.39, 0.29) is 5.91 Å². The van der Waals surface area contributed by atoms with Crippen LogP contribution in [-0.2, 0) is 4.79 Å². The second-order valence-electron chi connectivity index (χ2n) is 7.04. The van der Waals surface area contributed by atoms with E-state index >= 15 is 0 Å². The molecule has 0 aliphatic heterocycles. The van der Waals surface area contributed by atoms with Crippen LogP contribution in [0.1, 0.15) is 5.69 Å². The Morgan fingerprint density at radius 3 is 2.67 bits per heavy atom. The predicted molar refractivity (Wildman–Crippen MR) is 119 cm³/mol. The number of hydrogen-bond acceptors (Lipinski definition) is 7. The number of nitrogens with one attached hydrogen (secondary N) is 1. The highest BCUT2D eigenvalue weighted by Gasteiger charge is 2.15. The smallest absolute Gasteiger partial charge is 0.230 e. The number of aryl methyl sites for hydroxylation is 1. The summed E-state index contributed by atoms with van der Waals surface area (Å²) in [6.07, 6.45) is 1.78. The molecular formula is C21H27N5O3S. The first kappa shape index (κ1) is 21.9. The topological polar surface area (TPSA) is 81.0 Å². The molecule has 0 fully saturated rings. The van der Waals surface area contributed by atoms with Gasteiger partial charge >= 0.3 is 0 Å². The fourth-order valence-corrected chi connectivity index (χ4v) is 3.86. The largest absolute Gasteiger partial charge is 0.493 e. The van der Waals surface area contributed by atoms with Gasteiger partial charge in [0.1, 0.15) is 5.03 Å².